The van der Waals surface area contributed by atoms with Gasteiger partial charge in [0.2, 0.25) is 0 Å². The summed E-state index contributed by atoms with van der Waals surface area (Å²) in [7, 11) is 0. The maximum Gasteiger partial charge on any atom is 0.266 e. The lowest BCUT2D eigenvalue weighted by Crippen LogP contribution is -2.11. The quantitative estimate of drug-likeness (QED) is 0.675. The number of carbonyl (C=O) groups is 1. The van der Waals surface area contributed by atoms with Gasteiger partial charge in [-0.2, -0.15) is 5.10 Å². The number of hydrogen-bond acceptors (Lipinski definition) is 4. The van der Waals surface area contributed by atoms with Gasteiger partial charge in [-0.25, -0.2) is 0 Å². The summed E-state index contributed by atoms with van der Waals surface area (Å²) < 4.78 is 7.53. The van der Waals surface area contributed by atoms with Gasteiger partial charge < -0.3 is 10.1 Å². The van der Waals surface area contributed by atoms with Crippen molar-refractivity contribution in [3.05, 3.63) is 62.9 Å². The SMILES string of the molecule is CCn1nc(NC(=O)c2cc(COc3cccc(Cl)c3)cs2)cc1C. The Bertz CT molecular complexity index is 888. The molecular formula is C18H18ClN3O2S. The zero-order chi connectivity index (χ0) is 17.8. The van der Waals surface area contributed by atoms with Crippen LogP contribution in [0.1, 0.15) is 27.9 Å². The van der Waals surface area contributed by atoms with Crippen LogP contribution in [0.3, 0.4) is 0 Å². The zero-order valence-electron chi connectivity index (χ0n) is 14.0. The van der Waals surface area contributed by atoms with Crippen molar-refractivity contribution in [3.8, 4) is 5.75 Å². The van der Waals surface area contributed by atoms with Crippen LogP contribution in [-0.2, 0) is 13.2 Å². The van der Waals surface area contributed by atoms with E-state index in [2.05, 4.69) is 10.4 Å². The Morgan fingerprint density at radius 1 is 1.36 bits per heavy atom. The first-order valence-corrected chi connectivity index (χ1v) is 9.12. The van der Waals surface area contributed by atoms with Crippen molar-refractivity contribution in [2.45, 2.75) is 27.0 Å². The number of nitrogens with one attached hydrogen (secondary N) is 1. The maximum atomic E-state index is 12.3. The number of amides is 1. The van der Waals surface area contributed by atoms with Gasteiger partial charge in [0.1, 0.15) is 12.4 Å². The van der Waals surface area contributed by atoms with Gasteiger partial charge in [0.25, 0.3) is 5.91 Å². The molecule has 0 aliphatic heterocycles. The Morgan fingerprint density at radius 3 is 2.92 bits per heavy atom. The van der Waals surface area contributed by atoms with Crippen LogP contribution in [0.25, 0.3) is 0 Å². The van der Waals surface area contributed by atoms with E-state index in [1.165, 1.54) is 11.3 Å². The predicted molar refractivity (Wildman–Crippen MR) is 101 cm³/mol. The summed E-state index contributed by atoms with van der Waals surface area (Å²) >= 11 is 7.31. The Morgan fingerprint density at radius 2 is 2.20 bits per heavy atom. The first-order chi connectivity index (χ1) is 12.0. The monoisotopic (exact) mass is 375 g/mol. The molecule has 7 heteroatoms. The van der Waals surface area contributed by atoms with E-state index in [4.69, 9.17) is 16.3 Å². The molecule has 5 nitrogen and oxygen atoms in total. The van der Waals surface area contributed by atoms with Crippen LogP contribution in [0.5, 0.6) is 5.75 Å². The van der Waals surface area contributed by atoms with Gasteiger partial charge in [0.05, 0.1) is 4.88 Å². The minimum absolute atomic E-state index is 0.167. The Balaban J connectivity index is 1.61. The van der Waals surface area contributed by atoms with Crippen LogP contribution in [-0.4, -0.2) is 15.7 Å². The van der Waals surface area contributed by atoms with Crippen molar-refractivity contribution < 1.29 is 9.53 Å². The van der Waals surface area contributed by atoms with Crippen LogP contribution < -0.4 is 10.1 Å². The number of aromatic nitrogens is 2. The number of benzene rings is 1. The molecule has 0 spiro atoms. The van der Waals surface area contributed by atoms with E-state index in [9.17, 15) is 4.79 Å². The summed E-state index contributed by atoms with van der Waals surface area (Å²) in [5.41, 5.74) is 1.95. The number of nitrogens with zero attached hydrogens (tertiary/aromatic N) is 2. The first kappa shape index (κ1) is 17.5. The molecule has 1 aromatic carbocycles. The zero-order valence-corrected chi connectivity index (χ0v) is 15.5. The Hall–Kier alpha value is -2.31. The lowest BCUT2D eigenvalue weighted by Gasteiger charge is -2.04. The smallest absolute Gasteiger partial charge is 0.266 e. The van der Waals surface area contributed by atoms with E-state index in [-0.39, 0.29) is 5.91 Å². The van der Waals surface area contributed by atoms with Gasteiger partial charge in [-0.15, -0.1) is 11.3 Å². The molecule has 0 fully saturated rings. The Kier molecular flexibility index (Phi) is 5.40. The average Bonchev–Trinajstić information content (AvgIpc) is 3.19. The Labute approximate surface area is 155 Å². The summed E-state index contributed by atoms with van der Waals surface area (Å²) in [6.45, 7) is 5.12. The molecule has 25 heavy (non-hydrogen) atoms. The summed E-state index contributed by atoms with van der Waals surface area (Å²) in [6.07, 6.45) is 0. The minimum atomic E-state index is -0.167. The number of aryl methyl sites for hydroxylation is 2. The summed E-state index contributed by atoms with van der Waals surface area (Å²) in [4.78, 5) is 13.0. The third-order valence-electron chi connectivity index (χ3n) is 3.60. The van der Waals surface area contributed by atoms with Crippen LogP contribution in [0, 0.1) is 6.92 Å². The lowest BCUT2D eigenvalue weighted by molar-refractivity contribution is 0.103. The van der Waals surface area contributed by atoms with Gasteiger partial charge in [0.15, 0.2) is 5.82 Å². The summed E-state index contributed by atoms with van der Waals surface area (Å²) in [6, 6.07) is 10.9. The van der Waals surface area contributed by atoms with Crippen molar-refractivity contribution in [2.24, 2.45) is 0 Å². The van der Waals surface area contributed by atoms with Crippen molar-refractivity contribution in [1.29, 1.82) is 0 Å². The fraction of sp³-hybridized carbons (Fsp3) is 0.222. The second-order valence-electron chi connectivity index (χ2n) is 5.51. The number of hydrogen-bond donors (Lipinski definition) is 1. The van der Waals surface area contributed by atoms with E-state index in [1.54, 1.807) is 12.1 Å². The van der Waals surface area contributed by atoms with Gasteiger partial charge >= 0.3 is 0 Å². The van der Waals surface area contributed by atoms with Crippen LogP contribution in [0.15, 0.2) is 41.8 Å². The molecule has 0 unspecified atom stereocenters. The van der Waals surface area contributed by atoms with Gasteiger partial charge in [-0.1, -0.05) is 17.7 Å². The van der Waals surface area contributed by atoms with E-state index in [1.807, 2.05) is 48.2 Å². The molecule has 0 bridgehead atoms. The van der Waals surface area contributed by atoms with Crippen LogP contribution in [0.4, 0.5) is 5.82 Å². The number of thiophene rings is 1. The highest BCUT2D eigenvalue weighted by Gasteiger charge is 2.12. The maximum absolute atomic E-state index is 12.3. The third kappa shape index (κ3) is 4.41. The van der Waals surface area contributed by atoms with Crippen molar-refractivity contribution in [3.63, 3.8) is 0 Å². The van der Waals surface area contributed by atoms with Gasteiger partial charge in [-0.3, -0.25) is 9.48 Å². The molecule has 0 aliphatic carbocycles. The minimum Gasteiger partial charge on any atom is -0.489 e. The summed E-state index contributed by atoms with van der Waals surface area (Å²) in [5.74, 6) is 1.10. The molecule has 2 heterocycles. The second kappa shape index (κ2) is 7.72. The lowest BCUT2D eigenvalue weighted by atomic mass is 10.3. The molecule has 1 N–H and O–H groups in total. The largest absolute Gasteiger partial charge is 0.489 e. The van der Waals surface area contributed by atoms with E-state index >= 15 is 0 Å². The molecule has 0 atom stereocenters. The molecule has 0 radical (unpaired) electrons. The fourth-order valence-electron chi connectivity index (χ4n) is 2.36. The molecule has 0 aliphatic rings. The number of anilines is 1. The predicted octanol–water partition coefficient (Wildman–Crippen LogP) is 4.76. The topological polar surface area (TPSA) is 56.2 Å². The standard InChI is InChI=1S/C18H18ClN3O2S/c1-3-22-12(2)7-17(21-22)20-18(23)16-8-13(11-25-16)10-24-15-6-4-5-14(19)9-15/h4-9,11H,3,10H2,1-2H3,(H,20,21,23). The van der Waals surface area contributed by atoms with Crippen molar-refractivity contribution in [1.82, 2.24) is 9.78 Å². The van der Waals surface area contributed by atoms with Gasteiger partial charge in [0, 0.05) is 28.9 Å². The third-order valence-corrected chi connectivity index (χ3v) is 4.81. The van der Waals surface area contributed by atoms with Crippen LogP contribution in [0.2, 0.25) is 5.02 Å². The molecule has 0 saturated carbocycles. The normalized spacial score (nSPS) is 10.7. The van der Waals surface area contributed by atoms with Crippen molar-refractivity contribution in [2.75, 3.05) is 5.32 Å². The summed E-state index contributed by atoms with van der Waals surface area (Å²) in [5, 5.41) is 9.71. The van der Waals surface area contributed by atoms with E-state index in [0.717, 1.165) is 17.8 Å². The average molecular weight is 376 g/mol. The highest BCUT2D eigenvalue weighted by atomic mass is 35.5. The van der Waals surface area contributed by atoms with E-state index in [0.29, 0.717) is 28.1 Å². The fourth-order valence-corrected chi connectivity index (χ4v) is 3.34. The molecule has 130 valence electrons. The molecule has 3 aromatic rings. The molecule has 3 rings (SSSR count). The molecule has 2 aromatic heterocycles. The van der Waals surface area contributed by atoms with E-state index < -0.39 is 0 Å². The second-order valence-corrected chi connectivity index (χ2v) is 6.85. The first-order valence-electron chi connectivity index (χ1n) is 7.86. The number of rotatable bonds is 6. The van der Waals surface area contributed by atoms with Crippen LogP contribution >= 0.6 is 22.9 Å². The molecule has 0 saturated heterocycles. The van der Waals surface area contributed by atoms with Crippen molar-refractivity contribution >= 4 is 34.7 Å². The van der Waals surface area contributed by atoms with Gasteiger partial charge in [-0.05, 0) is 43.5 Å². The highest BCUT2D eigenvalue weighted by Crippen LogP contribution is 2.21. The number of carbonyl (C=O) groups excluding carboxylic acids is 1. The number of halogens is 1. The highest BCUT2D eigenvalue weighted by molar-refractivity contribution is 7.12. The number of ether oxygens (including phenoxy) is 1. The molecule has 1 amide bonds. The molecular weight excluding hydrogens is 358 g/mol.